The van der Waals surface area contributed by atoms with Gasteiger partial charge in [0.1, 0.15) is 0 Å². The first-order valence-corrected chi connectivity index (χ1v) is 9.39. The van der Waals surface area contributed by atoms with Gasteiger partial charge in [-0.05, 0) is 37.1 Å². The molecule has 1 rings (SSSR count). The number of hydrogen-bond acceptors (Lipinski definition) is 5. The van der Waals surface area contributed by atoms with Crippen molar-refractivity contribution >= 4 is 33.5 Å². The van der Waals surface area contributed by atoms with E-state index in [1.54, 1.807) is 6.92 Å². The van der Waals surface area contributed by atoms with E-state index >= 15 is 0 Å². The van der Waals surface area contributed by atoms with E-state index in [1.165, 1.54) is 38.1 Å². The maximum Gasteiger partial charge on any atom is 0.303 e. The molecule has 2 amide bonds. The van der Waals surface area contributed by atoms with Crippen LogP contribution < -0.4 is 15.4 Å². The Morgan fingerprint density at radius 1 is 1.12 bits per heavy atom. The highest BCUT2D eigenvalue weighted by atomic mass is 32.2. The molecule has 9 nitrogen and oxygen atoms in total. The van der Waals surface area contributed by atoms with E-state index < -0.39 is 27.9 Å². The Bertz CT molecular complexity index is 761. The van der Waals surface area contributed by atoms with Gasteiger partial charge in [0.2, 0.25) is 21.8 Å². The van der Waals surface area contributed by atoms with Crippen LogP contribution in [0.4, 0.5) is 5.69 Å². The van der Waals surface area contributed by atoms with Crippen LogP contribution in [-0.2, 0) is 24.4 Å². The maximum absolute atomic E-state index is 12.3. The summed E-state index contributed by atoms with van der Waals surface area (Å²) in [4.78, 5) is 33.5. The topological polar surface area (TPSA) is 142 Å². The van der Waals surface area contributed by atoms with Gasteiger partial charge in [-0.25, -0.2) is 8.42 Å². The second-order valence-electron chi connectivity index (χ2n) is 6.00. The Morgan fingerprint density at radius 3 is 2.19 bits per heavy atom. The van der Waals surface area contributed by atoms with Crippen LogP contribution in [0.2, 0.25) is 0 Å². The summed E-state index contributed by atoms with van der Waals surface area (Å²) >= 11 is 0. The molecule has 0 aliphatic rings. The molecule has 26 heavy (non-hydrogen) atoms. The first kappa shape index (κ1) is 21.6. The maximum atomic E-state index is 12.3. The molecule has 0 radical (unpaired) electrons. The van der Waals surface area contributed by atoms with Crippen LogP contribution in [0, 0.1) is 5.92 Å². The molecule has 1 aromatic carbocycles. The number of carbonyl (C=O) groups excluding carboxylic acids is 2. The first-order chi connectivity index (χ1) is 12.0. The summed E-state index contributed by atoms with van der Waals surface area (Å²) in [7, 11) is -3.92. The molecule has 2 atom stereocenters. The minimum Gasteiger partial charge on any atom is -0.481 e. The Morgan fingerprint density at radius 2 is 1.69 bits per heavy atom. The van der Waals surface area contributed by atoms with Crippen molar-refractivity contribution in [1.29, 1.82) is 0 Å². The van der Waals surface area contributed by atoms with Gasteiger partial charge in [-0.3, -0.25) is 14.4 Å². The summed E-state index contributed by atoms with van der Waals surface area (Å²) in [5.41, 5.74) is 0.453. The van der Waals surface area contributed by atoms with Crippen molar-refractivity contribution in [1.82, 2.24) is 10.0 Å². The van der Waals surface area contributed by atoms with Crippen molar-refractivity contribution in [2.24, 2.45) is 5.92 Å². The Balaban J connectivity index is 2.66. The molecule has 0 bridgehead atoms. The Hall–Kier alpha value is -2.46. The number of nitrogens with one attached hydrogen (secondary N) is 3. The van der Waals surface area contributed by atoms with Gasteiger partial charge in [-0.15, -0.1) is 0 Å². The lowest BCUT2D eigenvalue weighted by atomic mass is 10.1. The zero-order valence-corrected chi connectivity index (χ0v) is 15.6. The summed E-state index contributed by atoms with van der Waals surface area (Å²) in [6.45, 7) is 4.52. The lowest BCUT2D eigenvalue weighted by molar-refractivity contribution is -0.138. The lowest BCUT2D eigenvalue weighted by Gasteiger charge is -2.16. The second-order valence-corrected chi connectivity index (χ2v) is 7.71. The van der Waals surface area contributed by atoms with Gasteiger partial charge in [-0.1, -0.05) is 6.92 Å². The van der Waals surface area contributed by atoms with Crippen molar-refractivity contribution < 1.29 is 27.9 Å². The number of carboxylic acids is 1. The third-order valence-electron chi connectivity index (χ3n) is 3.36. The van der Waals surface area contributed by atoms with Crippen LogP contribution in [0.15, 0.2) is 29.2 Å². The Labute approximate surface area is 152 Å². The largest absolute Gasteiger partial charge is 0.481 e. The lowest BCUT2D eigenvalue weighted by Crippen LogP contribution is -2.45. The number of carboxylic acid groups (broad SMARTS) is 1. The molecule has 0 aliphatic carbocycles. The van der Waals surface area contributed by atoms with Crippen molar-refractivity contribution in [3.8, 4) is 0 Å². The summed E-state index contributed by atoms with van der Waals surface area (Å²) < 4.78 is 26.9. The number of sulfonamides is 1. The molecular formula is C16H23N3O6S. The zero-order valence-electron chi connectivity index (χ0n) is 14.8. The molecule has 0 aliphatic heterocycles. The molecule has 0 saturated heterocycles. The van der Waals surface area contributed by atoms with Crippen LogP contribution >= 0.6 is 0 Å². The fourth-order valence-corrected chi connectivity index (χ4v) is 3.28. The average molecular weight is 385 g/mol. The smallest absolute Gasteiger partial charge is 0.303 e. The first-order valence-electron chi connectivity index (χ1n) is 7.90. The van der Waals surface area contributed by atoms with E-state index in [0.29, 0.717) is 5.69 Å². The number of hydrogen-bond donors (Lipinski definition) is 4. The van der Waals surface area contributed by atoms with Gasteiger partial charge in [0.05, 0.1) is 10.9 Å². The number of carbonyl (C=O) groups is 3. The highest BCUT2D eigenvalue weighted by molar-refractivity contribution is 7.89. The highest BCUT2D eigenvalue weighted by Crippen LogP contribution is 2.14. The van der Waals surface area contributed by atoms with Gasteiger partial charge in [0.25, 0.3) is 0 Å². The number of amides is 2. The molecule has 0 heterocycles. The molecule has 0 saturated carbocycles. The Kier molecular flexibility index (Phi) is 7.72. The molecule has 0 fully saturated rings. The minimum absolute atomic E-state index is 0.0505. The predicted molar refractivity (Wildman–Crippen MR) is 95.0 cm³/mol. The minimum atomic E-state index is -3.92. The summed E-state index contributed by atoms with van der Waals surface area (Å²) in [5.74, 6) is -2.08. The van der Waals surface area contributed by atoms with E-state index in [4.69, 9.17) is 5.11 Å². The quantitative estimate of drug-likeness (QED) is 0.489. The molecule has 1 aromatic rings. The monoisotopic (exact) mass is 385 g/mol. The number of benzene rings is 1. The van der Waals surface area contributed by atoms with E-state index in [0.717, 1.165) is 0 Å². The number of rotatable bonds is 9. The van der Waals surface area contributed by atoms with Crippen LogP contribution in [0.25, 0.3) is 0 Å². The van der Waals surface area contributed by atoms with Crippen molar-refractivity contribution in [3.63, 3.8) is 0 Å². The normalized spacial score (nSPS) is 13.5. The van der Waals surface area contributed by atoms with E-state index in [2.05, 4.69) is 15.4 Å². The standard InChI is InChI=1S/C16H23N3O6S/c1-10(8-15(21)22)9-17-16(23)11(2)19-26(24,25)14-6-4-13(5-7-14)18-12(3)20/h4-7,10-11,19H,8-9H2,1-3H3,(H,17,23)(H,18,20)(H,21,22). The summed E-state index contributed by atoms with van der Waals surface area (Å²) in [6, 6.07) is 4.47. The van der Waals surface area contributed by atoms with Gasteiger partial charge < -0.3 is 15.7 Å². The summed E-state index contributed by atoms with van der Waals surface area (Å²) in [5, 5.41) is 13.7. The third kappa shape index (κ3) is 7.19. The predicted octanol–water partition coefficient (Wildman–Crippen LogP) is 0.539. The van der Waals surface area contributed by atoms with Gasteiger partial charge >= 0.3 is 5.97 Å². The van der Waals surface area contributed by atoms with Crippen LogP contribution in [0.1, 0.15) is 27.2 Å². The van der Waals surface area contributed by atoms with Crippen LogP contribution in [0.5, 0.6) is 0 Å². The van der Waals surface area contributed by atoms with E-state index in [1.807, 2.05) is 0 Å². The van der Waals surface area contributed by atoms with Gasteiger partial charge in [-0.2, -0.15) is 4.72 Å². The molecule has 144 valence electrons. The molecule has 0 spiro atoms. The molecule has 4 N–H and O–H groups in total. The van der Waals surface area contributed by atoms with E-state index in [-0.39, 0.29) is 29.7 Å². The molecule has 2 unspecified atom stereocenters. The molecular weight excluding hydrogens is 362 g/mol. The number of aliphatic carboxylic acids is 1. The third-order valence-corrected chi connectivity index (χ3v) is 4.91. The SMILES string of the molecule is CC(=O)Nc1ccc(S(=O)(=O)NC(C)C(=O)NCC(C)CC(=O)O)cc1. The van der Waals surface area contributed by atoms with Gasteiger partial charge in [0, 0.05) is 25.6 Å². The second kappa shape index (κ2) is 9.30. The van der Waals surface area contributed by atoms with E-state index in [9.17, 15) is 22.8 Å². The summed E-state index contributed by atoms with van der Waals surface area (Å²) in [6.07, 6.45) is -0.0962. The van der Waals surface area contributed by atoms with Crippen molar-refractivity contribution in [2.75, 3.05) is 11.9 Å². The fourth-order valence-electron chi connectivity index (χ4n) is 2.07. The van der Waals surface area contributed by atoms with Crippen LogP contribution in [-0.4, -0.2) is 43.9 Å². The molecule has 0 aromatic heterocycles. The van der Waals surface area contributed by atoms with Crippen LogP contribution in [0.3, 0.4) is 0 Å². The number of anilines is 1. The van der Waals surface area contributed by atoms with Crippen molar-refractivity contribution in [3.05, 3.63) is 24.3 Å². The molecule has 10 heteroatoms. The van der Waals surface area contributed by atoms with Gasteiger partial charge in [0.15, 0.2) is 0 Å². The highest BCUT2D eigenvalue weighted by Gasteiger charge is 2.22. The average Bonchev–Trinajstić information content (AvgIpc) is 2.51. The zero-order chi connectivity index (χ0) is 19.9. The van der Waals surface area contributed by atoms with Crippen molar-refractivity contribution in [2.45, 2.75) is 38.1 Å². The fraction of sp³-hybridized carbons (Fsp3) is 0.438.